The summed E-state index contributed by atoms with van der Waals surface area (Å²) in [4.78, 5) is 24.0. The molecule has 0 saturated carbocycles. The van der Waals surface area contributed by atoms with E-state index in [0.717, 1.165) is 0 Å². The van der Waals surface area contributed by atoms with Crippen LogP contribution < -0.4 is 16.4 Å². The van der Waals surface area contributed by atoms with Crippen molar-refractivity contribution in [1.82, 2.24) is 5.32 Å². The van der Waals surface area contributed by atoms with Gasteiger partial charge >= 0.3 is 0 Å². The topological polar surface area (TPSA) is 84.2 Å². The van der Waals surface area contributed by atoms with E-state index >= 15 is 0 Å². The number of carbonyl (C=O) groups excluding carboxylic acids is 2. The number of carbonyl (C=O) groups is 2. The van der Waals surface area contributed by atoms with E-state index in [1.165, 1.54) is 7.05 Å². The molecule has 5 heteroatoms. The van der Waals surface area contributed by atoms with Crippen molar-refractivity contribution in [2.45, 2.75) is 6.04 Å². The van der Waals surface area contributed by atoms with E-state index in [-0.39, 0.29) is 11.8 Å². The highest BCUT2D eigenvalue weighted by Crippen LogP contribution is 2.17. The highest BCUT2D eigenvalue weighted by atomic mass is 16.2. The summed E-state index contributed by atoms with van der Waals surface area (Å²) < 4.78 is 0. The van der Waals surface area contributed by atoms with Crippen molar-refractivity contribution in [3.05, 3.63) is 65.7 Å². The fourth-order valence-electron chi connectivity index (χ4n) is 1.95. The second-order valence-corrected chi connectivity index (χ2v) is 4.50. The predicted molar refractivity (Wildman–Crippen MR) is 81.8 cm³/mol. The van der Waals surface area contributed by atoms with Crippen LogP contribution in [0.2, 0.25) is 0 Å². The zero-order chi connectivity index (χ0) is 15.2. The zero-order valence-corrected chi connectivity index (χ0v) is 11.7. The van der Waals surface area contributed by atoms with E-state index in [1.807, 2.05) is 18.2 Å². The number of nitrogens with two attached hydrogens (primary N) is 1. The standard InChI is InChI=1S/C16H17N3O2/c1-18-15(20)12-9-5-6-10-13(12)19-16(21)14(17)11-7-3-2-4-8-11/h2-10,14H,17H2,1H3,(H,18,20)(H,19,21). The molecule has 5 nitrogen and oxygen atoms in total. The van der Waals surface area contributed by atoms with Gasteiger partial charge in [0.2, 0.25) is 5.91 Å². The summed E-state index contributed by atoms with van der Waals surface area (Å²) in [6, 6.07) is 15.1. The summed E-state index contributed by atoms with van der Waals surface area (Å²) in [7, 11) is 1.54. The van der Waals surface area contributed by atoms with Crippen LogP contribution in [-0.4, -0.2) is 18.9 Å². The van der Waals surface area contributed by atoms with Gasteiger partial charge in [0.05, 0.1) is 11.3 Å². The maximum atomic E-state index is 12.2. The lowest BCUT2D eigenvalue weighted by Gasteiger charge is -2.14. The van der Waals surface area contributed by atoms with Gasteiger partial charge in [-0.15, -0.1) is 0 Å². The Bertz CT molecular complexity index is 641. The molecule has 0 spiro atoms. The van der Waals surface area contributed by atoms with Crippen molar-refractivity contribution in [2.75, 3.05) is 12.4 Å². The molecule has 0 aliphatic heterocycles. The average Bonchev–Trinajstić information content (AvgIpc) is 2.54. The Balaban J connectivity index is 2.19. The first kappa shape index (κ1) is 14.7. The Kier molecular flexibility index (Phi) is 4.68. The lowest BCUT2D eigenvalue weighted by molar-refractivity contribution is -0.117. The fraction of sp³-hybridized carbons (Fsp3) is 0.125. The minimum Gasteiger partial charge on any atom is -0.355 e. The van der Waals surface area contributed by atoms with E-state index in [2.05, 4.69) is 10.6 Å². The SMILES string of the molecule is CNC(=O)c1ccccc1NC(=O)C(N)c1ccccc1. The molecule has 0 aliphatic carbocycles. The van der Waals surface area contributed by atoms with Gasteiger partial charge in [0, 0.05) is 7.05 Å². The van der Waals surface area contributed by atoms with E-state index in [9.17, 15) is 9.59 Å². The molecular formula is C16H17N3O2. The van der Waals surface area contributed by atoms with Gasteiger partial charge in [0.15, 0.2) is 0 Å². The van der Waals surface area contributed by atoms with Crippen LogP contribution >= 0.6 is 0 Å². The van der Waals surface area contributed by atoms with E-state index in [1.54, 1.807) is 36.4 Å². The van der Waals surface area contributed by atoms with Crippen LogP contribution in [-0.2, 0) is 4.79 Å². The van der Waals surface area contributed by atoms with Crippen molar-refractivity contribution in [2.24, 2.45) is 5.73 Å². The van der Waals surface area contributed by atoms with Gasteiger partial charge in [-0.25, -0.2) is 0 Å². The van der Waals surface area contributed by atoms with Crippen molar-refractivity contribution >= 4 is 17.5 Å². The molecule has 2 amide bonds. The maximum Gasteiger partial charge on any atom is 0.253 e. The molecule has 1 atom stereocenters. The molecule has 0 radical (unpaired) electrons. The first-order valence-corrected chi connectivity index (χ1v) is 6.56. The van der Waals surface area contributed by atoms with Gasteiger partial charge in [0.1, 0.15) is 6.04 Å². The first-order valence-electron chi connectivity index (χ1n) is 6.56. The number of hydrogen-bond acceptors (Lipinski definition) is 3. The molecule has 0 aliphatic rings. The van der Waals surface area contributed by atoms with Gasteiger partial charge < -0.3 is 16.4 Å². The van der Waals surface area contributed by atoms with Gasteiger partial charge in [-0.1, -0.05) is 42.5 Å². The third-order valence-corrected chi connectivity index (χ3v) is 3.10. The number of amides is 2. The van der Waals surface area contributed by atoms with Crippen molar-refractivity contribution < 1.29 is 9.59 Å². The molecule has 0 aromatic heterocycles. The Hall–Kier alpha value is -2.66. The monoisotopic (exact) mass is 283 g/mol. The normalized spacial score (nSPS) is 11.5. The van der Waals surface area contributed by atoms with Crippen LogP contribution in [0.25, 0.3) is 0 Å². The third kappa shape index (κ3) is 3.46. The molecular weight excluding hydrogens is 266 g/mol. The van der Waals surface area contributed by atoms with Crippen LogP contribution in [0.15, 0.2) is 54.6 Å². The molecule has 2 aromatic rings. The quantitative estimate of drug-likeness (QED) is 0.798. The number of anilines is 1. The lowest BCUT2D eigenvalue weighted by atomic mass is 10.1. The van der Waals surface area contributed by atoms with Gasteiger partial charge in [-0.3, -0.25) is 9.59 Å². The Morgan fingerprint density at radius 2 is 1.62 bits per heavy atom. The van der Waals surface area contributed by atoms with Crippen molar-refractivity contribution in [3.63, 3.8) is 0 Å². The maximum absolute atomic E-state index is 12.2. The minimum atomic E-state index is -0.788. The minimum absolute atomic E-state index is 0.265. The molecule has 2 aromatic carbocycles. The second-order valence-electron chi connectivity index (χ2n) is 4.50. The van der Waals surface area contributed by atoms with E-state index < -0.39 is 6.04 Å². The summed E-state index contributed by atoms with van der Waals surface area (Å²) in [6.07, 6.45) is 0. The van der Waals surface area contributed by atoms with E-state index in [4.69, 9.17) is 5.73 Å². The first-order chi connectivity index (χ1) is 10.1. The second kappa shape index (κ2) is 6.67. The molecule has 1 unspecified atom stereocenters. The van der Waals surface area contributed by atoms with Crippen LogP contribution in [0, 0.1) is 0 Å². The zero-order valence-electron chi connectivity index (χ0n) is 11.7. The molecule has 2 rings (SSSR count). The summed E-state index contributed by atoms with van der Waals surface area (Å²) in [5, 5.41) is 5.23. The summed E-state index contributed by atoms with van der Waals surface area (Å²) >= 11 is 0. The molecule has 0 fully saturated rings. The van der Waals surface area contributed by atoms with Gasteiger partial charge in [-0.2, -0.15) is 0 Å². The van der Waals surface area contributed by atoms with Crippen LogP contribution in [0.5, 0.6) is 0 Å². The van der Waals surface area contributed by atoms with Crippen molar-refractivity contribution in [1.29, 1.82) is 0 Å². The number of hydrogen-bond donors (Lipinski definition) is 3. The Morgan fingerprint density at radius 3 is 2.29 bits per heavy atom. The van der Waals surface area contributed by atoms with Gasteiger partial charge in [0.25, 0.3) is 5.91 Å². The number of para-hydroxylation sites is 1. The number of benzene rings is 2. The fourth-order valence-corrected chi connectivity index (χ4v) is 1.95. The summed E-state index contributed by atoms with van der Waals surface area (Å²) in [6.45, 7) is 0. The highest BCUT2D eigenvalue weighted by Gasteiger charge is 2.18. The highest BCUT2D eigenvalue weighted by molar-refractivity contribution is 6.04. The van der Waals surface area contributed by atoms with Crippen molar-refractivity contribution in [3.8, 4) is 0 Å². The lowest BCUT2D eigenvalue weighted by Crippen LogP contribution is -2.29. The van der Waals surface area contributed by atoms with Crippen LogP contribution in [0.3, 0.4) is 0 Å². The number of rotatable bonds is 4. The molecule has 21 heavy (non-hydrogen) atoms. The largest absolute Gasteiger partial charge is 0.355 e. The summed E-state index contributed by atoms with van der Waals surface area (Å²) in [5.74, 6) is -0.628. The molecule has 0 saturated heterocycles. The molecule has 0 heterocycles. The van der Waals surface area contributed by atoms with Crippen LogP contribution in [0.1, 0.15) is 22.0 Å². The van der Waals surface area contributed by atoms with E-state index in [0.29, 0.717) is 16.8 Å². The number of nitrogens with one attached hydrogen (secondary N) is 2. The molecule has 0 bridgehead atoms. The molecule has 108 valence electrons. The molecule has 4 N–H and O–H groups in total. The average molecular weight is 283 g/mol. The predicted octanol–water partition coefficient (Wildman–Crippen LogP) is 1.68. The third-order valence-electron chi connectivity index (χ3n) is 3.10. The van der Waals surface area contributed by atoms with Crippen LogP contribution in [0.4, 0.5) is 5.69 Å². The Morgan fingerprint density at radius 1 is 1.00 bits per heavy atom. The summed E-state index contributed by atoms with van der Waals surface area (Å²) in [5.41, 5.74) is 7.48. The Labute approximate surface area is 123 Å². The van der Waals surface area contributed by atoms with Gasteiger partial charge in [-0.05, 0) is 17.7 Å². The smallest absolute Gasteiger partial charge is 0.253 e.